The van der Waals surface area contributed by atoms with E-state index in [1.54, 1.807) is 26.2 Å². The maximum atomic E-state index is 12.8. The maximum Gasteiger partial charge on any atom is 0.406 e. The molecule has 2 rings (SSSR count). The molecule has 0 saturated carbocycles. The second-order valence-corrected chi connectivity index (χ2v) is 6.76. The lowest BCUT2D eigenvalue weighted by Crippen LogP contribution is -2.51. The number of halogens is 3. The van der Waals surface area contributed by atoms with Crippen LogP contribution in [0.4, 0.5) is 13.2 Å². The topological polar surface area (TPSA) is 48.5 Å². The molecule has 1 aromatic rings. The summed E-state index contributed by atoms with van der Waals surface area (Å²) in [4.78, 5) is 19.5. The lowest BCUT2D eigenvalue weighted by Gasteiger charge is -2.37. The zero-order valence-corrected chi connectivity index (χ0v) is 14.6. The van der Waals surface area contributed by atoms with Crippen molar-refractivity contribution >= 4 is 5.91 Å². The highest BCUT2D eigenvalue weighted by Crippen LogP contribution is 2.22. The number of nitrogens with one attached hydrogen (secondary N) is 1. The van der Waals surface area contributed by atoms with Crippen molar-refractivity contribution in [3.63, 3.8) is 0 Å². The molecule has 0 aromatic carbocycles. The van der Waals surface area contributed by atoms with Gasteiger partial charge in [-0.15, -0.1) is 0 Å². The molecular formula is C17H25F3N4O. The maximum absolute atomic E-state index is 12.8. The third-order valence-electron chi connectivity index (χ3n) is 4.07. The smallest absolute Gasteiger partial charge is 0.332 e. The SMILES string of the molecule is CC(C)CN(CC(F)(F)F)C(=O)CN1CCNCC1c1cccnc1. The van der Waals surface area contributed by atoms with Crippen LogP contribution in [-0.4, -0.2) is 66.1 Å². The first-order chi connectivity index (χ1) is 11.8. The van der Waals surface area contributed by atoms with E-state index in [1.807, 2.05) is 17.0 Å². The van der Waals surface area contributed by atoms with E-state index in [2.05, 4.69) is 10.3 Å². The Balaban J connectivity index is 2.08. The largest absolute Gasteiger partial charge is 0.406 e. The average molecular weight is 358 g/mol. The van der Waals surface area contributed by atoms with Crippen LogP contribution in [0.5, 0.6) is 0 Å². The van der Waals surface area contributed by atoms with Gasteiger partial charge in [-0.3, -0.25) is 14.7 Å². The van der Waals surface area contributed by atoms with E-state index in [0.717, 1.165) is 10.5 Å². The predicted molar refractivity (Wildman–Crippen MR) is 88.9 cm³/mol. The molecule has 1 atom stereocenters. The number of aromatic nitrogens is 1. The quantitative estimate of drug-likeness (QED) is 0.846. The fourth-order valence-electron chi connectivity index (χ4n) is 3.02. The molecule has 1 saturated heterocycles. The van der Waals surface area contributed by atoms with E-state index >= 15 is 0 Å². The minimum absolute atomic E-state index is 0.0238. The van der Waals surface area contributed by atoms with Crippen LogP contribution in [0, 0.1) is 5.92 Å². The van der Waals surface area contributed by atoms with Gasteiger partial charge in [0.15, 0.2) is 0 Å². The number of hydrogen-bond donors (Lipinski definition) is 1. The van der Waals surface area contributed by atoms with Crippen molar-refractivity contribution < 1.29 is 18.0 Å². The zero-order valence-electron chi connectivity index (χ0n) is 14.6. The first-order valence-corrected chi connectivity index (χ1v) is 8.45. The summed E-state index contributed by atoms with van der Waals surface area (Å²) >= 11 is 0. The van der Waals surface area contributed by atoms with Gasteiger partial charge in [-0.05, 0) is 17.5 Å². The summed E-state index contributed by atoms with van der Waals surface area (Å²) < 4.78 is 38.4. The Morgan fingerprint density at radius 3 is 2.84 bits per heavy atom. The van der Waals surface area contributed by atoms with Gasteiger partial charge in [0, 0.05) is 44.6 Å². The number of alkyl halides is 3. The number of carbonyl (C=O) groups is 1. The van der Waals surface area contributed by atoms with Gasteiger partial charge in [-0.25, -0.2) is 0 Å². The fraction of sp³-hybridized carbons (Fsp3) is 0.647. The zero-order chi connectivity index (χ0) is 18.4. The Morgan fingerprint density at radius 1 is 1.48 bits per heavy atom. The second kappa shape index (κ2) is 8.62. The Kier molecular flexibility index (Phi) is 6.78. The Bertz CT molecular complexity index is 551. The van der Waals surface area contributed by atoms with Crippen molar-refractivity contribution in [3.8, 4) is 0 Å². The number of carbonyl (C=O) groups excluding carboxylic acids is 1. The van der Waals surface area contributed by atoms with Gasteiger partial charge in [-0.2, -0.15) is 13.2 Å². The molecule has 1 aliphatic rings. The summed E-state index contributed by atoms with van der Waals surface area (Å²) in [5, 5.41) is 3.26. The number of nitrogens with zero attached hydrogens (tertiary/aromatic N) is 3. The molecular weight excluding hydrogens is 333 g/mol. The molecule has 0 aliphatic carbocycles. The van der Waals surface area contributed by atoms with E-state index in [0.29, 0.717) is 19.6 Å². The third kappa shape index (κ3) is 6.28. The average Bonchev–Trinajstić information content (AvgIpc) is 2.54. The van der Waals surface area contributed by atoms with Crippen molar-refractivity contribution in [2.45, 2.75) is 26.1 Å². The van der Waals surface area contributed by atoms with Crippen LogP contribution in [0.3, 0.4) is 0 Å². The normalized spacial score (nSPS) is 19.2. The molecule has 1 aliphatic heterocycles. The number of rotatable bonds is 6. The summed E-state index contributed by atoms with van der Waals surface area (Å²) in [7, 11) is 0. The molecule has 140 valence electrons. The molecule has 0 bridgehead atoms. The van der Waals surface area contributed by atoms with Crippen LogP contribution < -0.4 is 5.32 Å². The molecule has 8 heteroatoms. The molecule has 1 N–H and O–H groups in total. The van der Waals surface area contributed by atoms with E-state index in [-0.39, 0.29) is 25.0 Å². The van der Waals surface area contributed by atoms with Gasteiger partial charge in [-0.1, -0.05) is 19.9 Å². The highest BCUT2D eigenvalue weighted by molar-refractivity contribution is 5.78. The van der Waals surface area contributed by atoms with E-state index in [9.17, 15) is 18.0 Å². The highest BCUT2D eigenvalue weighted by Gasteiger charge is 2.34. The molecule has 1 amide bonds. The van der Waals surface area contributed by atoms with Crippen molar-refractivity contribution in [3.05, 3.63) is 30.1 Å². The minimum atomic E-state index is -4.39. The Hall–Kier alpha value is -1.67. The van der Waals surface area contributed by atoms with Crippen LogP contribution in [0.15, 0.2) is 24.5 Å². The van der Waals surface area contributed by atoms with Crippen molar-refractivity contribution in [1.29, 1.82) is 0 Å². The van der Waals surface area contributed by atoms with Gasteiger partial charge < -0.3 is 10.2 Å². The Labute approximate surface area is 146 Å². The first kappa shape index (κ1) is 19.7. The van der Waals surface area contributed by atoms with Crippen LogP contribution in [0.25, 0.3) is 0 Å². The number of piperazine rings is 1. The van der Waals surface area contributed by atoms with E-state index in [4.69, 9.17) is 0 Å². The van der Waals surface area contributed by atoms with E-state index < -0.39 is 18.6 Å². The molecule has 2 heterocycles. The monoisotopic (exact) mass is 358 g/mol. The third-order valence-corrected chi connectivity index (χ3v) is 4.07. The molecule has 1 aromatic heterocycles. The Morgan fingerprint density at radius 2 is 2.24 bits per heavy atom. The van der Waals surface area contributed by atoms with Gasteiger partial charge in [0.2, 0.25) is 5.91 Å². The summed E-state index contributed by atoms with van der Waals surface area (Å²) in [5.41, 5.74) is 0.953. The molecule has 1 unspecified atom stereocenters. The fourth-order valence-corrected chi connectivity index (χ4v) is 3.02. The lowest BCUT2D eigenvalue weighted by atomic mass is 10.1. The van der Waals surface area contributed by atoms with Gasteiger partial charge in [0.05, 0.1) is 6.54 Å². The molecule has 25 heavy (non-hydrogen) atoms. The summed E-state index contributed by atoms with van der Waals surface area (Å²) in [6.45, 7) is 4.43. The highest BCUT2D eigenvalue weighted by atomic mass is 19.4. The lowest BCUT2D eigenvalue weighted by molar-refractivity contribution is -0.163. The van der Waals surface area contributed by atoms with Gasteiger partial charge >= 0.3 is 6.18 Å². The molecule has 5 nitrogen and oxygen atoms in total. The number of amides is 1. The second-order valence-electron chi connectivity index (χ2n) is 6.76. The summed E-state index contributed by atoms with van der Waals surface area (Å²) in [5.74, 6) is -0.509. The predicted octanol–water partition coefficient (Wildman–Crippen LogP) is 2.07. The number of pyridine rings is 1. The van der Waals surface area contributed by atoms with Crippen LogP contribution in [0.1, 0.15) is 25.5 Å². The van der Waals surface area contributed by atoms with Crippen LogP contribution in [0.2, 0.25) is 0 Å². The minimum Gasteiger partial charge on any atom is -0.332 e. The molecule has 0 spiro atoms. The summed E-state index contributed by atoms with van der Waals surface area (Å²) in [6, 6.07) is 3.67. The van der Waals surface area contributed by atoms with Crippen LogP contribution in [-0.2, 0) is 4.79 Å². The van der Waals surface area contributed by atoms with Crippen molar-refractivity contribution in [2.75, 3.05) is 39.3 Å². The molecule has 1 fully saturated rings. The van der Waals surface area contributed by atoms with Gasteiger partial charge in [0.25, 0.3) is 0 Å². The molecule has 0 radical (unpaired) electrons. The van der Waals surface area contributed by atoms with Gasteiger partial charge in [0.1, 0.15) is 6.54 Å². The van der Waals surface area contributed by atoms with Crippen LogP contribution >= 0.6 is 0 Å². The summed E-state index contributed by atoms with van der Waals surface area (Å²) in [6.07, 6.45) is -0.990. The van der Waals surface area contributed by atoms with Crippen molar-refractivity contribution in [1.82, 2.24) is 20.1 Å². The number of hydrogen-bond acceptors (Lipinski definition) is 4. The standard InChI is InChI=1S/C17H25F3N4O/c1-13(2)10-24(12-17(18,19)20)16(25)11-23-7-6-22-9-15(23)14-4-3-5-21-8-14/h3-5,8,13,15,22H,6-7,9-12H2,1-2H3. The van der Waals surface area contributed by atoms with Crippen molar-refractivity contribution in [2.24, 2.45) is 5.92 Å². The van der Waals surface area contributed by atoms with E-state index in [1.165, 1.54) is 0 Å². The first-order valence-electron chi connectivity index (χ1n) is 8.45.